The van der Waals surface area contributed by atoms with Crippen LogP contribution in [0, 0.1) is 11.3 Å². The molecule has 0 aliphatic heterocycles. The molecule has 0 atom stereocenters. The second-order valence-electron chi connectivity index (χ2n) is 4.23. The number of carbonyl (C=O) groups excluding carboxylic acids is 1. The van der Waals surface area contributed by atoms with E-state index in [0.29, 0.717) is 19.5 Å². The topological polar surface area (TPSA) is 94.4 Å². The van der Waals surface area contributed by atoms with Crippen LogP contribution in [0.2, 0.25) is 0 Å². The summed E-state index contributed by atoms with van der Waals surface area (Å²) in [5, 5.41) is 23.0. The quantitative estimate of drug-likeness (QED) is 0.372. The van der Waals surface area contributed by atoms with Crippen LogP contribution in [-0.2, 0) is 11.3 Å². The number of rotatable bonds is 8. The third-order valence-corrected chi connectivity index (χ3v) is 2.70. The van der Waals surface area contributed by atoms with Gasteiger partial charge in [-0.2, -0.15) is 5.26 Å². The summed E-state index contributed by atoms with van der Waals surface area (Å²) >= 11 is 0. The van der Waals surface area contributed by atoms with Gasteiger partial charge in [-0.25, -0.2) is 0 Å². The number of aliphatic hydroxyl groups is 1. The molecule has 21 heavy (non-hydrogen) atoms. The van der Waals surface area contributed by atoms with Crippen LogP contribution in [0.15, 0.2) is 36.0 Å². The normalized spacial score (nSPS) is 10.6. The van der Waals surface area contributed by atoms with E-state index in [-0.39, 0.29) is 12.2 Å². The van der Waals surface area contributed by atoms with Crippen LogP contribution in [0.3, 0.4) is 0 Å². The highest BCUT2D eigenvalue weighted by Gasteiger charge is 2.08. The van der Waals surface area contributed by atoms with Gasteiger partial charge in [0.1, 0.15) is 17.4 Å². The Hall–Kier alpha value is -2.52. The van der Waals surface area contributed by atoms with Gasteiger partial charge in [-0.1, -0.05) is 12.1 Å². The molecule has 0 saturated carbocycles. The summed E-state index contributed by atoms with van der Waals surface area (Å²) in [6.07, 6.45) is 1.92. The summed E-state index contributed by atoms with van der Waals surface area (Å²) in [6.45, 7) is 0.901. The van der Waals surface area contributed by atoms with Gasteiger partial charge in [-0.05, 0) is 24.1 Å². The van der Waals surface area contributed by atoms with E-state index in [1.54, 1.807) is 19.2 Å². The van der Waals surface area contributed by atoms with Crippen LogP contribution in [-0.4, -0.2) is 31.3 Å². The zero-order valence-corrected chi connectivity index (χ0v) is 11.9. The second-order valence-corrected chi connectivity index (χ2v) is 4.23. The Morgan fingerprint density at radius 3 is 2.71 bits per heavy atom. The van der Waals surface area contributed by atoms with Crippen molar-refractivity contribution in [3.05, 3.63) is 41.6 Å². The predicted octanol–water partition coefficient (Wildman–Crippen LogP) is 0.691. The van der Waals surface area contributed by atoms with E-state index in [1.165, 1.54) is 6.20 Å². The summed E-state index contributed by atoms with van der Waals surface area (Å²) < 4.78 is 5.05. The van der Waals surface area contributed by atoms with E-state index in [0.717, 1.165) is 11.3 Å². The molecular weight excluding hydrogens is 270 g/mol. The molecular formula is C15H19N3O3. The molecule has 0 aromatic heterocycles. The third kappa shape index (κ3) is 5.97. The minimum atomic E-state index is -0.440. The first-order valence-electron chi connectivity index (χ1n) is 6.57. The molecule has 1 aromatic rings. The van der Waals surface area contributed by atoms with Gasteiger partial charge in [0.2, 0.25) is 0 Å². The summed E-state index contributed by atoms with van der Waals surface area (Å²) in [7, 11) is 1.59. The minimum Gasteiger partial charge on any atom is -0.497 e. The maximum Gasteiger partial charge on any atom is 0.263 e. The number of carbonyl (C=O) groups is 1. The predicted molar refractivity (Wildman–Crippen MR) is 78.2 cm³/mol. The van der Waals surface area contributed by atoms with Crippen LogP contribution in [0.5, 0.6) is 5.75 Å². The van der Waals surface area contributed by atoms with Crippen molar-refractivity contribution in [2.75, 3.05) is 20.3 Å². The van der Waals surface area contributed by atoms with Crippen LogP contribution in [0.25, 0.3) is 0 Å². The molecule has 1 aromatic carbocycles. The van der Waals surface area contributed by atoms with Crippen LogP contribution in [0.1, 0.15) is 12.0 Å². The summed E-state index contributed by atoms with van der Waals surface area (Å²) in [5.41, 5.74) is 0.913. The van der Waals surface area contributed by atoms with Crippen molar-refractivity contribution >= 4 is 5.91 Å². The molecule has 0 bridgehead atoms. The number of benzene rings is 1. The highest BCUT2D eigenvalue weighted by Crippen LogP contribution is 2.11. The first kappa shape index (κ1) is 16.5. The fourth-order valence-electron chi connectivity index (χ4n) is 1.52. The highest BCUT2D eigenvalue weighted by molar-refractivity contribution is 5.97. The molecule has 0 aliphatic rings. The van der Waals surface area contributed by atoms with Crippen molar-refractivity contribution in [2.45, 2.75) is 13.0 Å². The molecule has 0 spiro atoms. The maximum absolute atomic E-state index is 11.8. The Bertz CT molecular complexity index is 518. The molecule has 112 valence electrons. The zero-order chi connectivity index (χ0) is 15.5. The van der Waals surface area contributed by atoms with Gasteiger partial charge in [0.05, 0.1) is 7.11 Å². The van der Waals surface area contributed by atoms with Crippen LogP contribution in [0.4, 0.5) is 0 Å². The lowest BCUT2D eigenvalue weighted by molar-refractivity contribution is -0.117. The van der Waals surface area contributed by atoms with Crippen molar-refractivity contribution < 1.29 is 14.6 Å². The lowest BCUT2D eigenvalue weighted by atomic mass is 10.2. The van der Waals surface area contributed by atoms with Crippen molar-refractivity contribution in [1.29, 1.82) is 5.26 Å². The molecule has 0 unspecified atom stereocenters. The molecule has 0 radical (unpaired) electrons. The molecule has 1 amide bonds. The van der Waals surface area contributed by atoms with Crippen molar-refractivity contribution in [3.63, 3.8) is 0 Å². The van der Waals surface area contributed by atoms with Crippen molar-refractivity contribution in [1.82, 2.24) is 10.6 Å². The Labute approximate surface area is 124 Å². The van der Waals surface area contributed by atoms with E-state index in [1.807, 2.05) is 18.2 Å². The monoisotopic (exact) mass is 289 g/mol. The number of nitrogens with zero attached hydrogens (tertiary/aromatic N) is 1. The fraction of sp³-hybridized carbons (Fsp3) is 0.333. The average Bonchev–Trinajstić information content (AvgIpc) is 2.53. The second kappa shape index (κ2) is 9.39. The number of hydrogen-bond acceptors (Lipinski definition) is 5. The first-order chi connectivity index (χ1) is 10.2. The number of methoxy groups -OCH3 is 1. The highest BCUT2D eigenvalue weighted by atomic mass is 16.5. The SMILES string of the molecule is COc1ccc(CNC(=O)/C(C#N)=C\NCCCO)cc1. The number of aliphatic hydroxyl groups excluding tert-OH is 1. The number of hydrogen-bond donors (Lipinski definition) is 3. The Balaban J connectivity index is 2.48. The molecule has 0 heterocycles. The third-order valence-electron chi connectivity index (χ3n) is 2.70. The molecule has 0 aliphatic carbocycles. The average molecular weight is 289 g/mol. The van der Waals surface area contributed by atoms with Gasteiger partial charge in [0.15, 0.2) is 0 Å². The smallest absolute Gasteiger partial charge is 0.263 e. The van der Waals surface area contributed by atoms with E-state index < -0.39 is 5.91 Å². The Morgan fingerprint density at radius 2 is 2.14 bits per heavy atom. The Kier molecular flexibility index (Phi) is 7.40. The van der Waals surface area contributed by atoms with E-state index in [2.05, 4.69) is 10.6 Å². The molecule has 6 heteroatoms. The Morgan fingerprint density at radius 1 is 1.43 bits per heavy atom. The van der Waals surface area contributed by atoms with E-state index >= 15 is 0 Å². The van der Waals surface area contributed by atoms with Crippen molar-refractivity contribution in [2.24, 2.45) is 0 Å². The lowest BCUT2D eigenvalue weighted by Crippen LogP contribution is -2.25. The summed E-state index contributed by atoms with van der Waals surface area (Å²) in [4.78, 5) is 11.8. The maximum atomic E-state index is 11.8. The first-order valence-corrected chi connectivity index (χ1v) is 6.57. The molecule has 0 saturated heterocycles. The standard InChI is InChI=1S/C15H19N3O3/c1-21-14-5-3-12(4-6-14)10-18-15(20)13(9-16)11-17-7-2-8-19/h3-6,11,17,19H,2,7-8,10H2,1H3,(H,18,20)/b13-11-. The number of ether oxygens (including phenoxy) is 1. The largest absolute Gasteiger partial charge is 0.497 e. The van der Waals surface area contributed by atoms with Crippen LogP contribution < -0.4 is 15.4 Å². The van der Waals surface area contributed by atoms with Gasteiger partial charge in [-0.3, -0.25) is 4.79 Å². The van der Waals surface area contributed by atoms with E-state index in [4.69, 9.17) is 15.1 Å². The number of nitriles is 1. The van der Waals surface area contributed by atoms with Gasteiger partial charge in [0, 0.05) is 25.9 Å². The molecule has 0 fully saturated rings. The minimum absolute atomic E-state index is 0.00134. The van der Waals surface area contributed by atoms with Gasteiger partial charge in [-0.15, -0.1) is 0 Å². The zero-order valence-electron chi connectivity index (χ0n) is 11.9. The summed E-state index contributed by atoms with van der Waals surface area (Å²) in [5.74, 6) is 0.306. The van der Waals surface area contributed by atoms with Gasteiger partial charge < -0.3 is 20.5 Å². The molecule has 1 rings (SSSR count). The number of nitrogens with one attached hydrogen (secondary N) is 2. The fourth-order valence-corrected chi connectivity index (χ4v) is 1.52. The molecule has 3 N–H and O–H groups in total. The molecule has 6 nitrogen and oxygen atoms in total. The van der Waals surface area contributed by atoms with Crippen molar-refractivity contribution in [3.8, 4) is 11.8 Å². The van der Waals surface area contributed by atoms with Gasteiger partial charge >= 0.3 is 0 Å². The van der Waals surface area contributed by atoms with E-state index in [9.17, 15) is 4.79 Å². The summed E-state index contributed by atoms with van der Waals surface area (Å²) in [6, 6.07) is 9.13. The van der Waals surface area contributed by atoms with Gasteiger partial charge in [0.25, 0.3) is 5.91 Å². The lowest BCUT2D eigenvalue weighted by Gasteiger charge is -2.06. The number of amides is 1. The van der Waals surface area contributed by atoms with Crippen LogP contribution >= 0.6 is 0 Å².